The van der Waals surface area contributed by atoms with Crippen molar-refractivity contribution in [2.75, 3.05) is 5.75 Å². The van der Waals surface area contributed by atoms with Gasteiger partial charge in [0.15, 0.2) is 5.17 Å². The Morgan fingerprint density at radius 3 is 2.45 bits per heavy atom. The van der Waals surface area contributed by atoms with E-state index in [9.17, 15) is 4.79 Å². The van der Waals surface area contributed by atoms with Crippen LogP contribution in [0, 0.1) is 5.92 Å². The first kappa shape index (κ1) is 19.2. The lowest BCUT2D eigenvalue weighted by Crippen LogP contribution is -2.47. The summed E-state index contributed by atoms with van der Waals surface area (Å²) in [5.41, 5.74) is 3.63. The third-order valence-corrected chi connectivity index (χ3v) is 7.41. The van der Waals surface area contributed by atoms with E-state index in [2.05, 4.69) is 18.2 Å². The fourth-order valence-electron chi connectivity index (χ4n) is 4.67. The third-order valence-electron chi connectivity index (χ3n) is 5.95. The molecule has 2 aromatic carbocycles. The van der Waals surface area contributed by atoms with Gasteiger partial charge < -0.3 is 0 Å². The van der Waals surface area contributed by atoms with Crippen LogP contribution in [-0.4, -0.2) is 27.8 Å². The summed E-state index contributed by atoms with van der Waals surface area (Å²) < 4.78 is 0. The standard InChI is InChI=1S/C23H20Cl2N2OS/c24-17-8-4-14(5-9-17)12-16-2-1-3-19-21(16)26-23-27(20(28)13-29-23)22(19)15-6-10-18(25)11-7-15/h4-12,19,21-22H,1-3,13H2/b16-12-/t19-,21-,22-/m1/s1. The predicted octanol–water partition coefficient (Wildman–Crippen LogP) is 6.23. The highest BCUT2D eigenvalue weighted by Gasteiger charge is 2.47. The molecule has 2 aromatic rings. The lowest BCUT2D eigenvalue weighted by atomic mass is 9.73. The molecule has 0 radical (unpaired) electrons. The van der Waals surface area contributed by atoms with Crippen molar-refractivity contribution in [2.45, 2.75) is 31.3 Å². The summed E-state index contributed by atoms with van der Waals surface area (Å²) >= 11 is 13.7. The molecule has 0 bridgehead atoms. The monoisotopic (exact) mass is 442 g/mol. The van der Waals surface area contributed by atoms with Crippen LogP contribution in [0.3, 0.4) is 0 Å². The molecule has 6 heteroatoms. The molecule has 0 unspecified atom stereocenters. The van der Waals surface area contributed by atoms with E-state index in [4.69, 9.17) is 28.2 Å². The highest BCUT2D eigenvalue weighted by molar-refractivity contribution is 8.15. The maximum atomic E-state index is 12.7. The van der Waals surface area contributed by atoms with Crippen LogP contribution >= 0.6 is 35.0 Å². The fraction of sp³-hybridized carbons (Fsp3) is 0.304. The number of thioether (sulfide) groups is 1. The first-order valence-corrected chi connectivity index (χ1v) is 11.6. The van der Waals surface area contributed by atoms with Gasteiger partial charge in [0.05, 0.1) is 17.8 Å². The molecule has 1 aliphatic carbocycles. The molecule has 1 saturated heterocycles. The van der Waals surface area contributed by atoms with Gasteiger partial charge in [-0.05, 0) is 60.2 Å². The van der Waals surface area contributed by atoms with Gasteiger partial charge in [0.1, 0.15) is 0 Å². The SMILES string of the molecule is O=C1CSC2=N[C@@H]3/C(=C\c4ccc(Cl)cc4)CCC[C@H]3[C@@H](c3ccc(Cl)cc3)N12. The summed E-state index contributed by atoms with van der Waals surface area (Å²) in [5.74, 6) is 0.898. The van der Waals surface area contributed by atoms with Crippen LogP contribution in [0.1, 0.15) is 36.4 Å². The number of carbonyl (C=O) groups is 1. The van der Waals surface area contributed by atoms with Crippen LogP contribution in [0.25, 0.3) is 6.08 Å². The molecule has 1 amide bonds. The molecule has 0 N–H and O–H groups in total. The van der Waals surface area contributed by atoms with Gasteiger partial charge in [-0.2, -0.15) is 0 Å². The highest BCUT2D eigenvalue weighted by atomic mass is 35.5. The summed E-state index contributed by atoms with van der Waals surface area (Å²) in [6, 6.07) is 16.0. The quantitative estimate of drug-likeness (QED) is 0.551. The minimum absolute atomic E-state index is 0.0150. The van der Waals surface area contributed by atoms with Gasteiger partial charge in [0, 0.05) is 16.0 Å². The van der Waals surface area contributed by atoms with Gasteiger partial charge in [0.2, 0.25) is 5.91 Å². The Kier molecular flexibility index (Phi) is 5.19. The smallest absolute Gasteiger partial charge is 0.239 e. The van der Waals surface area contributed by atoms with Gasteiger partial charge in [-0.1, -0.05) is 65.3 Å². The van der Waals surface area contributed by atoms with E-state index in [1.54, 1.807) is 11.8 Å². The molecule has 148 valence electrons. The van der Waals surface area contributed by atoms with Crippen LogP contribution in [-0.2, 0) is 4.79 Å². The Morgan fingerprint density at radius 1 is 1.03 bits per heavy atom. The number of hydrogen-bond acceptors (Lipinski definition) is 3. The van der Waals surface area contributed by atoms with Gasteiger partial charge >= 0.3 is 0 Å². The number of carbonyl (C=O) groups excluding carboxylic acids is 1. The Labute approximate surface area is 184 Å². The van der Waals surface area contributed by atoms with Crippen molar-refractivity contribution in [1.29, 1.82) is 0 Å². The molecule has 0 aromatic heterocycles. The average molecular weight is 443 g/mol. The number of hydrogen-bond donors (Lipinski definition) is 0. The lowest BCUT2D eigenvalue weighted by molar-refractivity contribution is -0.127. The number of amides is 1. The van der Waals surface area contributed by atoms with E-state index in [-0.39, 0.29) is 23.9 Å². The van der Waals surface area contributed by atoms with Crippen molar-refractivity contribution >= 4 is 52.1 Å². The van der Waals surface area contributed by atoms with Crippen molar-refractivity contribution in [1.82, 2.24) is 4.90 Å². The van der Waals surface area contributed by atoms with Gasteiger partial charge in [0.25, 0.3) is 0 Å². The molecule has 29 heavy (non-hydrogen) atoms. The third kappa shape index (κ3) is 3.63. The zero-order valence-corrected chi connectivity index (χ0v) is 18.1. The summed E-state index contributed by atoms with van der Waals surface area (Å²) in [7, 11) is 0. The second-order valence-electron chi connectivity index (χ2n) is 7.73. The zero-order chi connectivity index (χ0) is 20.0. The largest absolute Gasteiger partial charge is 0.283 e. The number of aliphatic imine (C=N–C) groups is 1. The van der Waals surface area contributed by atoms with Gasteiger partial charge in [-0.3, -0.25) is 14.7 Å². The Hall–Kier alpha value is -1.75. The maximum Gasteiger partial charge on any atom is 0.239 e. The van der Waals surface area contributed by atoms with Crippen molar-refractivity contribution in [2.24, 2.45) is 10.9 Å². The summed E-state index contributed by atoms with van der Waals surface area (Å²) in [6.45, 7) is 0. The van der Waals surface area contributed by atoms with Crippen LogP contribution in [0.2, 0.25) is 10.0 Å². The topological polar surface area (TPSA) is 32.7 Å². The van der Waals surface area contributed by atoms with Crippen molar-refractivity contribution in [3.63, 3.8) is 0 Å². The molecule has 1 saturated carbocycles. The Morgan fingerprint density at radius 2 is 1.72 bits per heavy atom. The summed E-state index contributed by atoms with van der Waals surface area (Å²) in [6.07, 6.45) is 5.45. The highest BCUT2D eigenvalue weighted by Crippen LogP contribution is 2.48. The zero-order valence-electron chi connectivity index (χ0n) is 15.7. The number of amidine groups is 1. The second kappa shape index (κ2) is 7.82. The molecular weight excluding hydrogens is 423 g/mol. The lowest BCUT2D eigenvalue weighted by Gasteiger charge is -2.44. The minimum Gasteiger partial charge on any atom is -0.283 e. The average Bonchev–Trinajstić information content (AvgIpc) is 3.10. The van der Waals surface area contributed by atoms with E-state index in [0.717, 1.165) is 40.6 Å². The number of halogens is 2. The molecule has 3 atom stereocenters. The van der Waals surface area contributed by atoms with Crippen molar-refractivity contribution in [3.8, 4) is 0 Å². The van der Waals surface area contributed by atoms with Gasteiger partial charge in [-0.25, -0.2) is 0 Å². The van der Waals surface area contributed by atoms with Crippen molar-refractivity contribution in [3.05, 3.63) is 75.3 Å². The van der Waals surface area contributed by atoms with E-state index >= 15 is 0 Å². The Bertz CT molecular complexity index is 1000. The molecule has 2 fully saturated rings. The van der Waals surface area contributed by atoms with E-state index < -0.39 is 0 Å². The fourth-order valence-corrected chi connectivity index (χ4v) is 5.86. The number of rotatable bonds is 2. The molecule has 3 aliphatic rings. The van der Waals surface area contributed by atoms with Crippen LogP contribution in [0.4, 0.5) is 0 Å². The van der Waals surface area contributed by atoms with Crippen molar-refractivity contribution < 1.29 is 4.79 Å². The van der Waals surface area contributed by atoms with E-state index in [1.165, 1.54) is 5.57 Å². The minimum atomic E-state index is 0.0150. The molecule has 2 aliphatic heterocycles. The predicted molar refractivity (Wildman–Crippen MR) is 121 cm³/mol. The number of nitrogens with zero attached hydrogens (tertiary/aromatic N) is 2. The Balaban J connectivity index is 1.57. The molecule has 2 heterocycles. The molecular formula is C23H20Cl2N2OS. The second-order valence-corrected chi connectivity index (χ2v) is 9.55. The van der Waals surface area contributed by atoms with E-state index in [0.29, 0.717) is 10.8 Å². The molecule has 3 nitrogen and oxygen atoms in total. The summed E-state index contributed by atoms with van der Waals surface area (Å²) in [5, 5.41) is 2.31. The normalized spacial score (nSPS) is 27.6. The van der Waals surface area contributed by atoms with Crippen LogP contribution in [0.15, 0.2) is 59.1 Å². The summed E-state index contributed by atoms with van der Waals surface area (Å²) in [4.78, 5) is 19.7. The van der Waals surface area contributed by atoms with Crippen LogP contribution < -0.4 is 0 Å². The molecule has 0 spiro atoms. The molecule has 5 rings (SSSR count). The van der Waals surface area contributed by atoms with E-state index in [1.807, 2.05) is 41.3 Å². The maximum absolute atomic E-state index is 12.7. The first-order chi connectivity index (χ1) is 14.1. The van der Waals surface area contributed by atoms with Crippen LogP contribution in [0.5, 0.6) is 0 Å². The number of benzene rings is 2. The first-order valence-electron chi connectivity index (χ1n) is 9.84. The van der Waals surface area contributed by atoms with Gasteiger partial charge in [-0.15, -0.1) is 0 Å². The number of fused-ring (bicyclic) bond motifs is 2.